The molecule has 1 saturated heterocycles. The van der Waals surface area contributed by atoms with Crippen LogP contribution in [0.1, 0.15) is 38.3 Å². The first-order valence-electron chi connectivity index (χ1n) is 11.0. The summed E-state index contributed by atoms with van der Waals surface area (Å²) in [5.74, 6) is 0.915. The summed E-state index contributed by atoms with van der Waals surface area (Å²) >= 11 is 0. The fourth-order valence-corrected chi connectivity index (χ4v) is 5.11. The zero-order chi connectivity index (χ0) is 23.3. The van der Waals surface area contributed by atoms with Gasteiger partial charge in [0.1, 0.15) is 5.75 Å². The number of anilines is 1. The highest BCUT2D eigenvalue weighted by molar-refractivity contribution is 7.89. The van der Waals surface area contributed by atoms with Gasteiger partial charge in [0, 0.05) is 25.8 Å². The van der Waals surface area contributed by atoms with Gasteiger partial charge in [-0.2, -0.15) is 4.31 Å². The molecule has 1 amide bonds. The number of ether oxygens (including phenoxy) is 1. The van der Waals surface area contributed by atoms with E-state index in [-0.39, 0.29) is 23.4 Å². The molecule has 0 bridgehead atoms. The van der Waals surface area contributed by atoms with Crippen LogP contribution in [-0.2, 0) is 14.8 Å². The summed E-state index contributed by atoms with van der Waals surface area (Å²) in [6.45, 7) is 6.06. The number of likely N-dealkylation sites (N-methyl/N-ethyl adjacent to an activating group) is 1. The lowest BCUT2D eigenvalue weighted by molar-refractivity contribution is -0.121. The second-order valence-corrected chi connectivity index (χ2v) is 10.6. The minimum Gasteiger partial charge on any atom is -0.497 e. The number of carbonyl (C=O) groups excluding carboxylic acids is 1. The summed E-state index contributed by atoms with van der Waals surface area (Å²) in [6.07, 6.45) is 2.49. The topological polar surface area (TPSA) is 79.0 Å². The van der Waals surface area contributed by atoms with Gasteiger partial charge >= 0.3 is 0 Å². The minimum atomic E-state index is -3.77. The molecule has 2 aromatic rings. The Morgan fingerprint density at radius 2 is 1.84 bits per heavy atom. The number of hydrogen-bond acceptors (Lipinski definition) is 5. The molecule has 1 heterocycles. The molecule has 1 fully saturated rings. The Kier molecular flexibility index (Phi) is 7.79. The fraction of sp³-hybridized carbons (Fsp3) is 0.458. The number of hydrogen-bond donors (Lipinski definition) is 1. The fourth-order valence-electron chi connectivity index (χ4n) is 3.98. The van der Waals surface area contributed by atoms with Crippen molar-refractivity contribution in [3.05, 3.63) is 54.1 Å². The maximum absolute atomic E-state index is 12.7. The van der Waals surface area contributed by atoms with Crippen LogP contribution < -0.4 is 15.0 Å². The van der Waals surface area contributed by atoms with E-state index in [0.717, 1.165) is 23.0 Å². The van der Waals surface area contributed by atoms with Gasteiger partial charge in [0.15, 0.2) is 0 Å². The van der Waals surface area contributed by atoms with Gasteiger partial charge in [0.05, 0.1) is 24.6 Å². The lowest BCUT2D eigenvalue weighted by atomic mass is 9.99. The van der Waals surface area contributed by atoms with Gasteiger partial charge in [0.25, 0.3) is 0 Å². The van der Waals surface area contributed by atoms with Crippen molar-refractivity contribution >= 4 is 21.6 Å². The van der Waals surface area contributed by atoms with E-state index in [1.165, 1.54) is 44.8 Å². The number of carbonyl (C=O) groups is 1. The second-order valence-electron chi connectivity index (χ2n) is 8.51. The molecule has 2 aromatic carbocycles. The molecule has 174 valence electrons. The normalized spacial score (nSPS) is 17.8. The van der Waals surface area contributed by atoms with Crippen LogP contribution in [0.25, 0.3) is 0 Å². The van der Waals surface area contributed by atoms with Crippen molar-refractivity contribution in [1.29, 1.82) is 0 Å². The summed E-state index contributed by atoms with van der Waals surface area (Å²) in [5.41, 5.74) is 2.18. The molecule has 32 heavy (non-hydrogen) atoms. The third-order valence-electron chi connectivity index (χ3n) is 5.93. The monoisotopic (exact) mass is 459 g/mol. The Morgan fingerprint density at radius 1 is 1.19 bits per heavy atom. The van der Waals surface area contributed by atoms with E-state index in [2.05, 4.69) is 29.3 Å². The Balaban J connectivity index is 1.57. The average molecular weight is 460 g/mol. The van der Waals surface area contributed by atoms with Crippen LogP contribution in [0.15, 0.2) is 53.4 Å². The number of methoxy groups -OCH3 is 1. The van der Waals surface area contributed by atoms with Gasteiger partial charge in [-0.05, 0) is 67.6 Å². The highest BCUT2D eigenvalue weighted by atomic mass is 32.2. The van der Waals surface area contributed by atoms with E-state index >= 15 is 0 Å². The van der Waals surface area contributed by atoms with Crippen LogP contribution in [0.4, 0.5) is 5.69 Å². The number of piperidine rings is 1. The summed E-state index contributed by atoms with van der Waals surface area (Å²) < 4.78 is 31.6. The predicted molar refractivity (Wildman–Crippen MR) is 126 cm³/mol. The largest absolute Gasteiger partial charge is 0.497 e. The SMILES string of the molecule is COc1ccc(S(=O)(=O)N(C)CC(=O)N[C@H](C)c2ccc(N3CCC[C@@H](C)C3)cc2)cc1. The van der Waals surface area contributed by atoms with E-state index < -0.39 is 10.0 Å². The molecule has 0 aromatic heterocycles. The van der Waals surface area contributed by atoms with Crippen molar-refractivity contribution in [2.75, 3.05) is 38.7 Å². The summed E-state index contributed by atoms with van der Waals surface area (Å²) in [6, 6.07) is 14.1. The Labute approximate surface area is 191 Å². The number of rotatable bonds is 8. The molecule has 0 radical (unpaired) electrons. The third kappa shape index (κ3) is 5.81. The second kappa shape index (κ2) is 10.4. The molecular weight excluding hydrogens is 426 g/mol. The maximum atomic E-state index is 12.7. The predicted octanol–water partition coefficient (Wildman–Crippen LogP) is 3.43. The van der Waals surface area contributed by atoms with E-state index in [4.69, 9.17) is 4.74 Å². The molecule has 0 unspecified atom stereocenters. The molecule has 7 nitrogen and oxygen atoms in total. The molecule has 0 saturated carbocycles. The van der Waals surface area contributed by atoms with Gasteiger partial charge < -0.3 is 15.0 Å². The average Bonchev–Trinajstić information content (AvgIpc) is 2.79. The number of amides is 1. The number of sulfonamides is 1. The Hall–Kier alpha value is -2.58. The number of benzene rings is 2. The zero-order valence-corrected chi connectivity index (χ0v) is 20.1. The Bertz CT molecular complexity index is 1010. The summed E-state index contributed by atoms with van der Waals surface area (Å²) in [7, 11) is -0.853. The van der Waals surface area contributed by atoms with Gasteiger partial charge in [-0.25, -0.2) is 8.42 Å². The van der Waals surface area contributed by atoms with E-state index in [1.54, 1.807) is 12.1 Å². The first-order chi connectivity index (χ1) is 15.2. The summed E-state index contributed by atoms with van der Waals surface area (Å²) in [5, 5.41) is 2.90. The van der Waals surface area contributed by atoms with Gasteiger partial charge in [-0.3, -0.25) is 4.79 Å². The smallest absolute Gasteiger partial charge is 0.243 e. The van der Waals surface area contributed by atoms with Crippen LogP contribution in [0, 0.1) is 5.92 Å². The van der Waals surface area contributed by atoms with E-state index in [9.17, 15) is 13.2 Å². The van der Waals surface area contributed by atoms with Crippen LogP contribution in [0.5, 0.6) is 5.75 Å². The first-order valence-corrected chi connectivity index (χ1v) is 12.4. The lowest BCUT2D eigenvalue weighted by Crippen LogP contribution is -2.39. The quantitative estimate of drug-likeness (QED) is 0.654. The number of nitrogens with zero attached hydrogens (tertiary/aromatic N) is 2. The Morgan fingerprint density at radius 3 is 2.44 bits per heavy atom. The van der Waals surface area contributed by atoms with Crippen LogP contribution >= 0.6 is 0 Å². The van der Waals surface area contributed by atoms with Crippen LogP contribution in [0.2, 0.25) is 0 Å². The van der Waals surface area contributed by atoms with Crippen LogP contribution in [0.3, 0.4) is 0 Å². The number of nitrogens with one attached hydrogen (secondary N) is 1. The highest BCUT2D eigenvalue weighted by Crippen LogP contribution is 2.25. The van der Waals surface area contributed by atoms with Crippen molar-refractivity contribution in [1.82, 2.24) is 9.62 Å². The standard InChI is InChI=1S/C24H33N3O4S/c1-18-6-5-15-27(16-18)21-9-7-20(8-10-21)19(2)25-24(28)17-26(3)32(29,30)23-13-11-22(31-4)12-14-23/h7-14,18-19H,5-6,15-17H2,1-4H3,(H,25,28)/t18-,19-/m1/s1. The van der Waals surface area contributed by atoms with Crippen LogP contribution in [-0.4, -0.2) is 52.4 Å². The molecule has 8 heteroatoms. The first kappa shape index (κ1) is 24.1. The molecule has 1 aliphatic heterocycles. The highest BCUT2D eigenvalue weighted by Gasteiger charge is 2.24. The molecule has 1 aliphatic rings. The summed E-state index contributed by atoms with van der Waals surface area (Å²) in [4.78, 5) is 15.0. The van der Waals surface area contributed by atoms with Crippen molar-refractivity contribution in [2.24, 2.45) is 5.92 Å². The lowest BCUT2D eigenvalue weighted by Gasteiger charge is -2.33. The molecule has 2 atom stereocenters. The third-order valence-corrected chi connectivity index (χ3v) is 7.74. The molecule has 3 rings (SSSR count). The van der Waals surface area contributed by atoms with Gasteiger partial charge in [-0.1, -0.05) is 19.1 Å². The molecule has 0 spiro atoms. The van der Waals surface area contributed by atoms with Crippen molar-refractivity contribution in [3.8, 4) is 5.75 Å². The van der Waals surface area contributed by atoms with E-state index in [0.29, 0.717) is 11.7 Å². The molecular formula is C24H33N3O4S. The zero-order valence-electron chi connectivity index (χ0n) is 19.2. The van der Waals surface area contributed by atoms with Crippen molar-refractivity contribution < 1.29 is 17.9 Å². The minimum absolute atomic E-state index is 0.115. The van der Waals surface area contributed by atoms with Gasteiger partial charge in [-0.15, -0.1) is 0 Å². The van der Waals surface area contributed by atoms with Crippen molar-refractivity contribution in [3.63, 3.8) is 0 Å². The maximum Gasteiger partial charge on any atom is 0.243 e. The van der Waals surface area contributed by atoms with E-state index in [1.807, 2.05) is 19.1 Å². The van der Waals surface area contributed by atoms with Crippen molar-refractivity contribution in [2.45, 2.75) is 37.6 Å². The van der Waals surface area contributed by atoms with Gasteiger partial charge in [0.2, 0.25) is 15.9 Å². The molecule has 1 N–H and O–H groups in total. The molecule has 0 aliphatic carbocycles.